The monoisotopic (exact) mass is 524 g/mol. The Morgan fingerprint density at radius 1 is 1.15 bits per heavy atom. The summed E-state index contributed by atoms with van der Waals surface area (Å²) in [5.74, 6) is -0.0819. The fourth-order valence-corrected chi connectivity index (χ4v) is 3.37. The Balaban J connectivity index is 1.37. The van der Waals surface area contributed by atoms with Gasteiger partial charge in [-0.2, -0.15) is 5.10 Å². The van der Waals surface area contributed by atoms with Gasteiger partial charge in [0.15, 0.2) is 6.61 Å². The molecule has 13 heteroatoms. The van der Waals surface area contributed by atoms with E-state index in [0.717, 1.165) is 17.3 Å². The van der Waals surface area contributed by atoms with Crippen LogP contribution in [0.5, 0.6) is 11.5 Å². The van der Waals surface area contributed by atoms with Gasteiger partial charge in [-0.05, 0) is 48.0 Å². The second-order valence-electron chi connectivity index (χ2n) is 6.47. The Labute approximate surface area is 208 Å². The molecule has 0 radical (unpaired) electrons. The first kappa shape index (κ1) is 25.3. The molecular weight excluding hydrogens is 507 g/mol. The van der Waals surface area contributed by atoms with Crippen LogP contribution in [0.15, 0.2) is 57.2 Å². The highest BCUT2D eigenvalue weighted by Crippen LogP contribution is 2.28. The fourth-order valence-electron chi connectivity index (χ4n) is 2.33. The third-order valence-corrected chi connectivity index (χ3v) is 5.24. The maximum Gasteiger partial charge on any atom is 0.306 e. The van der Waals surface area contributed by atoms with Gasteiger partial charge in [0.2, 0.25) is 0 Å². The predicted octanol–water partition coefficient (Wildman–Crippen LogP) is 4.05. The lowest BCUT2D eigenvalue weighted by atomic mass is 10.2. The molecule has 3 aromatic rings. The van der Waals surface area contributed by atoms with E-state index in [1.165, 1.54) is 6.21 Å². The first-order valence-corrected chi connectivity index (χ1v) is 11.4. The summed E-state index contributed by atoms with van der Waals surface area (Å²) in [6, 6.07) is 11.6. The number of aliphatic carboxylic acids is 1. The lowest BCUT2D eigenvalue weighted by Crippen LogP contribution is -2.19. The molecule has 0 saturated heterocycles. The molecule has 0 aliphatic carbocycles. The molecule has 0 spiro atoms. The summed E-state index contributed by atoms with van der Waals surface area (Å²) in [4.78, 5) is 22.4. The van der Waals surface area contributed by atoms with Gasteiger partial charge >= 0.3 is 5.97 Å². The van der Waals surface area contributed by atoms with Gasteiger partial charge in [0.05, 0.1) is 30.0 Å². The highest BCUT2D eigenvalue weighted by molar-refractivity contribution is 7.99. The van der Waals surface area contributed by atoms with Gasteiger partial charge in [0.1, 0.15) is 11.5 Å². The minimum absolute atomic E-state index is 0.00872. The van der Waals surface area contributed by atoms with E-state index in [2.05, 4.69) is 20.7 Å². The van der Waals surface area contributed by atoms with Gasteiger partial charge in [-0.3, -0.25) is 9.59 Å². The van der Waals surface area contributed by atoms with Crippen LogP contribution >= 0.6 is 35.0 Å². The van der Waals surface area contributed by atoms with Crippen molar-refractivity contribution in [3.63, 3.8) is 0 Å². The minimum atomic E-state index is -0.925. The van der Waals surface area contributed by atoms with Gasteiger partial charge in [-0.15, -0.1) is 10.2 Å². The zero-order valence-corrected chi connectivity index (χ0v) is 19.8. The molecule has 0 aliphatic rings. The molecule has 34 heavy (non-hydrogen) atoms. The van der Waals surface area contributed by atoms with Gasteiger partial charge in [0, 0.05) is 5.02 Å². The van der Waals surface area contributed by atoms with Gasteiger partial charge < -0.3 is 19.0 Å². The number of nitrogens with one attached hydrogen (secondary N) is 1. The molecular formula is C21H18Cl2N4O6S. The summed E-state index contributed by atoms with van der Waals surface area (Å²) >= 11 is 12.9. The molecule has 178 valence electrons. The molecule has 10 nitrogen and oxygen atoms in total. The number of amides is 1. The van der Waals surface area contributed by atoms with E-state index >= 15 is 0 Å². The van der Waals surface area contributed by atoms with Gasteiger partial charge in [-0.25, -0.2) is 5.43 Å². The van der Waals surface area contributed by atoms with Crippen LogP contribution in [0.2, 0.25) is 10.0 Å². The Morgan fingerprint density at radius 3 is 2.68 bits per heavy atom. The summed E-state index contributed by atoms with van der Waals surface area (Å²) in [5, 5.41) is 21.3. The van der Waals surface area contributed by atoms with Crippen molar-refractivity contribution in [3.05, 3.63) is 64.0 Å². The van der Waals surface area contributed by atoms with Crippen LogP contribution in [-0.4, -0.2) is 45.8 Å². The van der Waals surface area contributed by atoms with E-state index in [-0.39, 0.29) is 42.4 Å². The molecule has 0 unspecified atom stereocenters. The van der Waals surface area contributed by atoms with E-state index < -0.39 is 5.97 Å². The topological polar surface area (TPSA) is 136 Å². The van der Waals surface area contributed by atoms with Crippen molar-refractivity contribution in [2.45, 2.75) is 18.3 Å². The first-order chi connectivity index (χ1) is 16.4. The normalized spacial score (nSPS) is 10.9. The van der Waals surface area contributed by atoms with Crippen LogP contribution in [-0.2, 0) is 16.2 Å². The smallest absolute Gasteiger partial charge is 0.306 e. The standard InChI is InChI=1S/C21H18Cl2N4O6S/c22-14-3-6-17(16(23)9-14)32-11-19-26-27-21(33-19)34-12-18(28)25-24-10-13-1-4-15(5-2-13)31-8-7-20(29)30/h1-6,9-10H,7-8,11-12H2,(H,25,28)(H,29,30)/b24-10-. The summed E-state index contributed by atoms with van der Waals surface area (Å²) in [6.45, 7) is 0.0938. The van der Waals surface area contributed by atoms with Gasteiger partial charge in [-0.1, -0.05) is 35.0 Å². The van der Waals surface area contributed by atoms with Crippen LogP contribution < -0.4 is 14.9 Å². The molecule has 3 rings (SSSR count). The van der Waals surface area contributed by atoms with Crippen molar-refractivity contribution >= 4 is 53.1 Å². The molecule has 1 aromatic heterocycles. The van der Waals surface area contributed by atoms with Crippen molar-refractivity contribution < 1.29 is 28.6 Å². The molecule has 0 bridgehead atoms. The Kier molecular flexibility index (Phi) is 9.56. The number of aromatic nitrogens is 2. The number of carbonyl (C=O) groups is 2. The summed E-state index contributed by atoms with van der Waals surface area (Å²) in [6.07, 6.45) is 1.39. The largest absolute Gasteiger partial charge is 0.493 e. The number of rotatable bonds is 12. The Hall–Kier alpha value is -3.28. The maximum atomic E-state index is 12.0. The van der Waals surface area contributed by atoms with Crippen molar-refractivity contribution in [2.75, 3.05) is 12.4 Å². The first-order valence-electron chi connectivity index (χ1n) is 9.68. The highest BCUT2D eigenvalue weighted by Gasteiger charge is 2.11. The number of hydrogen-bond donors (Lipinski definition) is 2. The van der Waals surface area contributed by atoms with E-state index in [1.54, 1.807) is 42.5 Å². The molecule has 1 amide bonds. The SMILES string of the molecule is O=C(O)CCOc1ccc(/C=N\NC(=O)CSc2nnc(COc3ccc(Cl)cc3Cl)o2)cc1. The summed E-state index contributed by atoms with van der Waals surface area (Å²) in [7, 11) is 0. The number of halogens is 2. The number of thioether (sulfide) groups is 1. The molecule has 2 aromatic carbocycles. The molecule has 0 atom stereocenters. The average molecular weight is 525 g/mol. The van der Waals surface area contributed by atoms with E-state index in [4.69, 9.17) is 42.2 Å². The van der Waals surface area contributed by atoms with Crippen molar-refractivity contribution in [1.29, 1.82) is 0 Å². The quantitative estimate of drug-likeness (QED) is 0.204. The van der Waals surface area contributed by atoms with Crippen LogP contribution in [0.4, 0.5) is 0 Å². The zero-order valence-electron chi connectivity index (χ0n) is 17.4. The van der Waals surface area contributed by atoms with Crippen molar-refractivity contribution in [2.24, 2.45) is 5.10 Å². The Morgan fingerprint density at radius 2 is 1.94 bits per heavy atom. The second kappa shape index (κ2) is 12.8. The third-order valence-electron chi connectivity index (χ3n) is 3.89. The van der Waals surface area contributed by atoms with E-state index in [9.17, 15) is 9.59 Å². The highest BCUT2D eigenvalue weighted by atomic mass is 35.5. The van der Waals surface area contributed by atoms with Crippen LogP contribution in [0.3, 0.4) is 0 Å². The molecule has 0 saturated carbocycles. The minimum Gasteiger partial charge on any atom is -0.493 e. The number of carboxylic acids is 1. The van der Waals surface area contributed by atoms with Crippen molar-refractivity contribution in [3.8, 4) is 11.5 Å². The summed E-state index contributed by atoms with van der Waals surface area (Å²) < 4.78 is 16.3. The number of carboxylic acid groups (broad SMARTS) is 1. The average Bonchev–Trinajstić information content (AvgIpc) is 3.26. The maximum absolute atomic E-state index is 12.0. The van der Waals surface area contributed by atoms with Crippen LogP contribution in [0, 0.1) is 0 Å². The fraction of sp³-hybridized carbons (Fsp3) is 0.190. The number of nitrogens with zero attached hydrogens (tertiary/aromatic N) is 3. The number of benzene rings is 2. The van der Waals surface area contributed by atoms with E-state index in [1.807, 2.05) is 0 Å². The third kappa shape index (κ3) is 8.58. The van der Waals surface area contributed by atoms with Crippen molar-refractivity contribution in [1.82, 2.24) is 15.6 Å². The second-order valence-corrected chi connectivity index (χ2v) is 8.24. The lowest BCUT2D eigenvalue weighted by molar-refractivity contribution is -0.137. The predicted molar refractivity (Wildman–Crippen MR) is 126 cm³/mol. The Bertz CT molecular complexity index is 1160. The van der Waals surface area contributed by atoms with E-state index in [0.29, 0.717) is 21.5 Å². The number of hydrazone groups is 1. The number of ether oxygens (including phenoxy) is 2. The number of carbonyl (C=O) groups excluding carboxylic acids is 1. The zero-order chi connectivity index (χ0) is 24.3. The molecule has 1 heterocycles. The molecule has 2 N–H and O–H groups in total. The lowest BCUT2D eigenvalue weighted by Gasteiger charge is -2.05. The number of hydrogen-bond acceptors (Lipinski definition) is 9. The van der Waals surface area contributed by atoms with Crippen LogP contribution in [0.25, 0.3) is 0 Å². The van der Waals surface area contributed by atoms with Gasteiger partial charge in [0.25, 0.3) is 17.0 Å². The molecule has 0 fully saturated rings. The molecule has 0 aliphatic heterocycles. The van der Waals surface area contributed by atoms with Crippen LogP contribution in [0.1, 0.15) is 17.9 Å². The summed E-state index contributed by atoms with van der Waals surface area (Å²) in [5.41, 5.74) is 3.12.